The molecule has 0 aliphatic heterocycles. The minimum absolute atomic E-state index is 0.0811. The lowest BCUT2D eigenvalue weighted by Crippen LogP contribution is -2.30. The van der Waals surface area contributed by atoms with Crippen LogP contribution in [0.1, 0.15) is 22.8 Å². The maximum atomic E-state index is 13.3. The molecule has 1 aromatic heterocycles. The topological polar surface area (TPSA) is 109 Å². The highest BCUT2D eigenvalue weighted by atomic mass is 32.2. The number of hydrogen-bond donors (Lipinski definition) is 3. The number of carbonyl (C=O) groups is 3. The van der Waals surface area contributed by atoms with Crippen molar-refractivity contribution in [1.29, 1.82) is 0 Å². The molecule has 216 valence electrons. The summed E-state index contributed by atoms with van der Waals surface area (Å²) in [6.07, 6.45) is 1.60. The summed E-state index contributed by atoms with van der Waals surface area (Å²) >= 11 is 2.83. The lowest BCUT2D eigenvalue weighted by Gasteiger charge is -2.13. The molecule has 3 N–H and O–H groups in total. The van der Waals surface area contributed by atoms with Crippen LogP contribution in [0.2, 0.25) is 0 Å². The minimum Gasteiger partial charge on any atom is -0.497 e. The van der Waals surface area contributed by atoms with Crippen molar-refractivity contribution in [1.82, 2.24) is 10.3 Å². The molecule has 1 heterocycles. The van der Waals surface area contributed by atoms with Gasteiger partial charge in [-0.3, -0.25) is 14.4 Å². The van der Waals surface area contributed by atoms with Gasteiger partial charge in [-0.2, -0.15) is 0 Å². The van der Waals surface area contributed by atoms with E-state index in [2.05, 4.69) is 20.9 Å². The Morgan fingerprint density at radius 1 is 0.860 bits per heavy atom. The zero-order valence-electron chi connectivity index (χ0n) is 23.4. The second kappa shape index (κ2) is 13.8. The van der Waals surface area contributed by atoms with Gasteiger partial charge in [0.1, 0.15) is 11.4 Å². The van der Waals surface area contributed by atoms with Crippen LogP contribution in [-0.4, -0.2) is 35.1 Å². The number of rotatable bonds is 10. The van der Waals surface area contributed by atoms with Gasteiger partial charge in [0, 0.05) is 16.1 Å². The van der Waals surface area contributed by atoms with Gasteiger partial charge < -0.3 is 20.7 Å². The summed E-state index contributed by atoms with van der Waals surface area (Å²) in [4.78, 5) is 44.3. The number of amides is 3. The first-order valence-electron chi connectivity index (χ1n) is 13.3. The van der Waals surface area contributed by atoms with Crippen molar-refractivity contribution in [3.63, 3.8) is 0 Å². The first-order chi connectivity index (χ1) is 20.9. The molecule has 1 atom stereocenters. The van der Waals surface area contributed by atoms with Crippen LogP contribution >= 0.6 is 23.1 Å². The molecule has 5 rings (SSSR count). The molecular formula is C33H28N4O4S2. The van der Waals surface area contributed by atoms with Crippen LogP contribution in [0.3, 0.4) is 0 Å². The molecule has 0 saturated carbocycles. The number of anilines is 2. The van der Waals surface area contributed by atoms with E-state index in [4.69, 9.17) is 4.74 Å². The number of ether oxygens (including phenoxy) is 1. The maximum absolute atomic E-state index is 13.3. The van der Waals surface area contributed by atoms with Gasteiger partial charge in [0.25, 0.3) is 11.8 Å². The third-order valence-electron chi connectivity index (χ3n) is 6.27. The van der Waals surface area contributed by atoms with Gasteiger partial charge in [-0.15, -0.1) is 11.8 Å². The summed E-state index contributed by atoms with van der Waals surface area (Å²) in [5, 5.41) is 8.67. The second-order valence-electron chi connectivity index (χ2n) is 9.37. The van der Waals surface area contributed by atoms with Crippen LogP contribution in [0.5, 0.6) is 5.75 Å². The SMILES string of the molecule is COc1ccc(/C=C(\NC(=O)c2ccccc2)C(=O)Nc2ccc(SC(C)C(=O)Nc3nc4ccccc4s3)cc2)cc1. The molecule has 43 heavy (non-hydrogen) atoms. The number of hydrogen-bond acceptors (Lipinski definition) is 7. The molecule has 10 heteroatoms. The van der Waals surface area contributed by atoms with Crippen molar-refractivity contribution in [2.24, 2.45) is 0 Å². The summed E-state index contributed by atoms with van der Waals surface area (Å²) in [7, 11) is 1.58. The van der Waals surface area contributed by atoms with Gasteiger partial charge >= 0.3 is 0 Å². The molecule has 0 aliphatic rings. The molecule has 4 aromatic carbocycles. The Bertz CT molecular complexity index is 1740. The average molecular weight is 609 g/mol. The van der Waals surface area contributed by atoms with Crippen molar-refractivity contribution in [2.45, 2.75) is 17.1 Å². The Labute approximate surface area is 257 Å². The number of para-hydroxylation sites is 1. The minimum atomic E-state index is -0.482. The number of aromatic nitrogens is 1. The van der Waals surface area contributed by atoms with Gasteiger partial charge in [0.05, 0.1) is 22.6 Å². The van der Waals surface area contributed by atoms with E-state index in [1.165, 1.54) is 23.1 Å². The molecule has 3 amide bonds. The van der Waals surface area contributed by atoms with E-state index in [1.807, 2.05) is 49.4 Å². The fourth-order valence-corrected chi connectivity index (χ4v) is 5.75. The van der Waals surface area contributed by atoms with Gasteiger partial charge in [0.2, 0.25) is 5.91 Å². The largest absolute Gasteiger partial charge is 0.497 e. The van der Waals surface area contributed by atoms with E-state index in [9.17, 15) is 14.4 Å². The fourth-order valence-electron chi connectivity index (χ4n) is 4.01. The molecular weight excluding hydrogens is 581 g/mol. The van der Waals surface area contributed by atoms with Crippen molar-refractivity contribution >= 4 is 67.9 Å². The Kier molecular flexibility index (Phi) is 9.50. The number of fused-ring (bicyclic) bond motifs is 1. The summed E-state index contributed by atoms with van der Waals surface area (Å²) in [5.74, 6) is -0.355. The fraction of sp³-hybridized carbons (Fsp3) is 0.0909. The van der Waals surface area contributed by atoms with E-state index >= 15 is 0 Å². The number of nitrogens with zero attached hydrogens (tertiary/aromatic N) is 1. The molecule has 0 radical (unpaired) electrons. The lowest BCUT2D eigenvalue weighted by molar-refractivity contribution is -0.115. The van der Waals surface area contributed by atoms with Crippen LogP contribution < -0.4 is 20.7 Å². The normalized spacial score (nSPS) is 11.9. The number of benzene rings is 4. The van der Waals surface area contributed by atoms with Crippen molar-refractivity contribution in [3.8, 4) is 5.75 Å². The molecule has 0 saturated heterocycles. The molecule has 1 unspecified atom stereocenters. The van der Waals surface area contributed by atoms with Crippen LogP contribution in [0.4, 0.5) is 10.8 Å². The molecule has 0 bridgehead atoms. The molecule has 5 aromatic rings. The highest BCUT2D eigenvalue weighted by Crippen LogP contribution is 2.29. The van der Waals surface area contributed by atoms with Gasteiger partial charge in [-0.05, 0) is 79.2 Å². The van der Waals surface area contributed by atoms with E-state index in [1.54, 1.807) is 73.8 Å². The van der Waals surface area contributed by atoms with Crippen LogP contribution in [-0.2, 0) is 9.59 Å². The van der Waals surface area contributed by atoms with Gasteiger partial charge in [0.15, 0.2) is 5.13 Å². The Hall–Kier alpha value is -4.93. The number of nitrogens with one attached hydrogen (secondary N) is 3. The molecule has 8 nitrogen and oxygen atoms in total. The molecule has 0 spiro atoms. The Morgan fingerprint density at radius 3 is 2.26 bits per heavy atom. The van der Waals surface area contributed by atoms with Crippen molar-refractivity contribution < 1.29 is 19.1 Å². The van der Waals surface area contributed by atoms with Gasteiger partial charge in [-0.1, -0.05) is 53.8 Å². The summed E-state index contributed by atoms with van der Waals surface area (Å²) < 4.78 is 6.22. The Balaban J connectivity index is 1.24. The number of carbonyl (C=O) groups excluding carboxylic acids is 3. The third kappa shape index (κ3) is 7.88. The van der Waals surface area contributed by atoms with E-state index < -0.39 is 11.8 Å². The first-order valence-corrected chi connectivity index (χ1v) is 15.0. The summed E-state index contributed by atoms with van der Waals surface area (Å²) in [6.45, 7) is 1.83. The molecule has 0 aliphatic carbocycles. The first kappa shape index (κ1) is 29.6. The van der Waals surface area contributed by atoms with Crippen molar-refractivity contribution in [2.75, 3.05) is 17.7 Å². The highest BCUT2D eigenvalue weighted by molar-refractivity contribution is 8.00. The quantitative estimate of drug-likeness (QED) is 0.118. The highest BCUT2D eigenvalue weighted by Gasteiger charge is 2.18. The average Bonchev–Trinajstić information content (AvgIpc) is 3.44. The summed E-state index contributed by atoms with van der Waals surface area (Å²) in [5.41, 5.74) is 2.61. The van der Waals surface area contributed by atoms with Gasteiger partial charge in [-0.25, -0.2) is 4.98 Å². The summed E-state index contributed by atoms with van der Waals surface area (Å²) in [6, 6.07) is 30.7. The van der Waals surface area contributed by atoms with Crippen LogP contribution in [0, 0.1) is 0 Å². The third-order valence-corrected chi connectivity index (χ3v) is 8.34. The molecule has 0 fully saturated rings. The monoisotopic (exact) mass is 608 g/mol. The van der Waals surface area contributed by atoms with Crippen molar-refractivity contribution in [3.05, 3.63) is 120 Å². The standard InChI is InChI=1S/C33H28N4O4S2/c1-21(30(38)37-33-36-27-10-6-7-11-29(27)43-33)42-26-18-14-24(15-19-26)34-32(40)28(20-22-12-16-25(41-2)17-13-22)35-31(39)23-8-4-3-5-9-23/h3-21H,1-2H3,(H,34,40)(H,35,39)(H,36,37,38)/b28-20-. The van der Waals surface area contributed by atoms with E-state index in [0.29, 0.717) is 27.7 Å². The zero-order chi connectivity index (χ0) is 30.2. The number of thiazole rings is 1. The number of methoxy groups -OCH3 is 1. The predicted molar refractivity (Wildman–Crippen MR) is 174 cm³/mol. The maximum Gasteiger partial charge on any atom is 0.272 e. The Morgan fingerprint density at radius 2 is 1.56 bits per heavy atom. The number of thioether (sulfide) groups is 1. The zero-order valence-corrected chi connectivity index (χ0v) is 25.0. The smallest absolute Gasteiger partial charge is 0.272 e. The van der Waals surface area contributed by atoms with E-state index in [-0.39, 0.29) is 16.9 Å². The van der Waals surface area contributed by atoms with E-state index in [0.717, 1.165) is 15.1 Å². The van der Waals surface area contributed by atoms with Crippen LogP contribution in [0.25, 0.3) is 16.3 Å². The second-order valence-corrected chi connectivity index (χ2v) is 11.8. The predicted octanol–water partition coefficient (Wildman–Crippen LogP) is 6.83. The lowest BCUT2D eigenvalue weighted by atomic mass is 10.1. The van der Waals surface area contributed by atoms with Crippen LogP contribution in [0.15, 0.2) is 114 Å².